The SMILES string of the molecule is CCc1nn(C)cc1CNC(=S)NC. The van der Waals surface area contributed by atoms with E-state index >= 15 is 0 Å². The first kappa shape index (κ1) is 11.0. The molecule has 0 saturated carbocycles. The summed E-state index contributed by atoms with van der Waals surface area (Å²) >= 11 is 4.99. The molecule has 0 radical (unpaired) electrons. The van der Waals surface area contributed by atoms with Gasteiger partial charge >= 0.3 is 0 Å². The van der Waals surface area contributed by atoms with Gasteiger partial charge in [0.05, 0.1) is 5.69 Å². The Kier molecular flexibility index (Phi) is 3.88. The van der Waals surface area contributed by atoms with Crippen molar-refractivity contribution in [2.45, 2.75) is 19.9 Å². The summed E-state index contributed by atoms with van der Waals surface area (Å²) in [7, 11) is 3.73. The predicted octanol–water partition coefficient (Wildman–Crippen LogP) is 0.576. The maximum absolute atomic E-state index is 4.99. The molecule has 78 valence electrons. The van der Waals surface area contributed by atoms with Gasteiger partial charge in [-0.15, -0.1) is 0 Å². The third kappa shape index (κ3) is 2.70. The minimum atomic E-state index is 0.663. The Morgan fingerprint density at radius 2 is 2.36 bits per heavy atom. The molecule has 1 heterocycles. The highest BCUT2D eigenvalue weighted by Gasteiger charge is 2.05. The molecule has 1 aromatic heterocycles. The predicted molar refractivity (Wildman–Crippen MR) is 61.1 cm³/mol. The van der Waals surface area contributed by atoms with Crippen molar-refractivity contribution in [1.82, 2.24) is 20.4 Å². The number of nitrogens with zero attached hydrogens (tertiary/aromatic N) is 2. The summed E-state index contributed by atoms with van der Waals surface area (Å²) in [4.78, 5) is 0. The number of hydrogen-bond acceptors (Lipinski definition) is 2. The maximum atomic E-state index is 4.99. The average molecular weight is 212 g/mol. The minimum absolute atomic E-state index is 0.663. The van der Waals surface area contributed by atoms with E-state index in [0.29, 0.717) is 5.11 Å². The molecule has 0 fully saturated rings. The molecular formula is C9H16N4S. The first-order chi connectivity index (χ1) is 6.67. The fourth-order valence-electron chi connectivity index (χ4n) is 1.29. The molecule has 1 aromatic rings. The van der Waals surface area contributed by atoms with Crippen LogP contribution in [0.4, 0.5) is 0 Å². The standard InChI is InChI=1S/C9H16N4S/c1-4-8-7(6-13(3)12-8)5-11-9(14)10-2/h6H,4-5H2,1-3H3,(H2,10,11,14). The molecule has 0 aliphatic heterocycles. The van der Waals surface area contributed by atoms with Crippen molar-refractivity contribution in [2.24, 2.45) is 7.05 Å². The van der Waals surface area contributed by atoms with Gasteiger partial charge in [0, 0.05) is 32.4 Å². The van der Waals surface area contributed by atoms with E-state index in [4.69, 9.17) is 12.2 Å². The highest BCUT2D eigenvalue weighted by Crippen LogP contribution is 2.06. The Bertz CT molecular complexity index is 319. The monoisotopic (exact) mass is 212 g/mol. The lowest BCUT2D eigenvalue weighted by molar-refractivity contribution is 0.746. The van der Waals surface area contributed by atoms with Crippen LogP contribution in [0, 0.1) is 0 Å². The molecule has 5 heteroatoms. The zero-order valence-electron chi connectivity index (χ0n) is 8.79. The minimum Gasteiger partial charge on any atom is -0.366 e. The zero-order chi connectivity index (χ0) is 10.6. The van der Waals surface area contributed by atoms with Gasteiger partial charge < -0.3 is 10.6 Å². The third-order valence-corrected chi connectivity index (χ3v) is 2.34. The van der Waals surface area contributed by atoms with Crippen LogP contribution in [0.15, 0.2) is 6.20 Å². The lowest BCUT2D eigenvalue weighted by Gasteiger charge is -2.05. The van der Waals surface area contributed by atoms with Crippen molar-refractivity contribution in [3.8, 4) is 0 Å². The molecule has 14 heavy (non-hydrogen) atoms. The van der Waals surface area contributed by atoms with E-state index in [1.165, 1.54) is 5.56 Å². The van der Waals surface area contributed by atoms with Crippen LogP contribution in [0.3, 0.4) is 0 Å². The van der Waals surface area contributed by atoms with Crippen molar-refractivity contribution in [1.29, 1.82) is 0 Å². The fraction of sp³-hybridized carbons (Fsp3) is 0.556. The molecule has 0 aliphatic rings. The Balaban J connectivity index is 2.61. The number of aromatic nitrogens is 2. The van der Waals surface area contributed by atoms with Crippen LogP contribution in [0.1, 0.15) is 18.2 Å². The second kappa shape index (κ2) is 4.95. The van der Waals surface area contributed by atoms with Gasteiger partial charge in [-0.25, -0.2) is 0 Å². The Morgan fingerprint density at radius 3 is 2.93 bits per heavy atom. The van der Waals surface area contributed by atoms with Crippen LogP contribution in [-0.4, -0.2) is 21.9 Å². The quantitative estimate of drug-likeness (QED) is 0.719. The fourth-order valence-corrected chi connectivity index (χ4v) is 1.37. The number of rotatable bonds is 3. The largest absolute Gasteiger partial charge is 0.366 e. The van der Waals surface area contributed by atoms with Gasteiger partial charge in [-0.1, -0.05) is 6.92 Å². The summed E-state index contributed by atoms with van der Waals surface area (Å²) in [6.07, 6.45) is 2.97. The highest BCUT2D eigenvalue weighted by molar-refractivity contribution is 7.80. The van der Waals surface area contributed by atoms with E-state index in [2.05, 4.69) is 22.7 Å². The van der Waals surface area contributed by atoms with E-state index in [1.807, 2.05) is 17.9 Å². The summed E-state index contributed by atoms with van der Waals surface area (Å²) in [5, 5.41) is 11.0. The second-order valence-corrected chi connectivity index (χ2v) is 3.47. The van der Waals surface area contributed by atoms with Gasteiger partial charge in [0.25, 0.3) is 0 Å². The Labute approximate surface area is 89.7 Å². The molecular weight excluding hydrogens is 196 g/mol. The summed E-state index contributed by atoms with van der Waals surface area (Å²) in [5.74, 6) is 0. The highest BCUT2D eigenvalue weighted by atomic mass is 32.1. The Hall–Kier alpha value is -1.10. The van der Waals surface area contributed by atoms with Gasteiger partial charge in [-0.3, -0.25) is 4.68 Å². The molecule has 0 spiro atoms. The molecule has 0 unspecified atom stereocenters. The first-order valence-electron chi connectivity index (χ1n) is 4.64. The lowest BCUT2D eigenvalue weighted by Crippen LogP contribution is -2.31. The van der Waals surface area contributed by atoms with E-state index in [9.17, 15) is 0 Å². The lowest BCUT2D eigenvalue weighted by atomic mass is 10.2. The van der Waals surface area contributed by atoms with Crippen LogP contribution in [0.2, 0.25) is 0 Å². The van der Waals surface area contributed by atoms with E-state index in [0.717, 1.165) is 18.7 Å². The molecule has 0 bridgehead atoms. The topological polar surface area (TPSA) is 41.9 Å². The van der Waals surface area contributed by atoms with Crippen molar-refractivity contribution < 1.29 is 0 Å². The van der Waals surface area contributed by atoms with Crippen LogP contribution in [0.5, 0.6) is 0 Å². The van der Waals surface area contributed by atoms with Crippen LogP contribution >= 0.6 is 12.2 Å². The summed E-state index contributed by atoms with van der Waals surface area (Å²) in [6, 6.07) is 0. The van der Waals surface area contributed by atoms with Gasteiger partial charge in [0.15, 0.2) is 5.11 Å². The molecule has 4 nitrogen and oxygen atoms in total. The Morgan fingerprint density at radius 1 is 1.64 bits per heavy atom. The van der Waals surface area contributed by atoms with E-state index in [1.54, 1.807) is 7.05 Å². The van der Waals surface area contributed by atoms with Crippen LogP contribution < -0.4 is 10.6 Å². The van der Waals surface area contributed by atoms with E-state index < -0.39 is 0 Å². The van der Waals surface area contributed by atoms with Crippen molar-refractivity contribution in [3.05, 3.63) is 17.5 Å². The van der Waals surface area contributed by atoms with Gasteiger partial charge in [-0.05, 0) is 18.6 Å². The van der Waals surface area contributed by atoms with Crippen LogP contribution in [0.25, 0.3) is 0 Å². The molecule has 2 N–H and O–H groups in total. The molecule has 0 atom stereocenters. The van der Waals surface area contributed by atoms with Crippen molar-refractivity contribution in [2.75, 3.05) is 7.05 Å². The van der Waals surface area contributed by atoms with Gasteiger partial charge in [0.1, 0.15) is 0 Å². The molecule has 0 amide bonds. The number of aryl methyl sites for hydroxylation is 2. The average Bonchev–Trinajstić information content (AvgIpc) is 2.55. The summed E-state index contributed by atoms with van der Waals surface area (Å²) in [6.45, 7) is 2.83. The first-order valence-corrected chi connectivity index (χ1v) is 5.05. The number of hydrogen-bond donors (Lipinski definition) is 2. The molecule has 1 rings (SSSR count). The second-order valence-electron chi connectivity index (χ2n) is 3.06. The third-order valence-electron chi connectivity index (χ3n) is 1.99. The van der Waals surface area contributed by atoms with Crippen molar-refractivity contribution >= 4 is 17.3 Å². The molecule has 0 aromatic carbocycles. The van der Waals surface area contributed by atoms with Crippen molar-refractivity contribution in [3.63, 3.8) is 0 Å². The van der Waals surface area contributed by atoms with Gasteiger partial charge in [0.2, 0.25) is 0 Å². The zero-order valence-corrected chi connectivity index (χ0v) is 9.61. The molecule has 0 aliphatic carbocycles. The number of thiocarbonyl (C=S) groups is 1. The van der Waals surface area contributed by atoms with Gasteiger partial charge in [-0.2, -0.15) is 5.10 Å². The normalized spacial score (nSPS) is 9.93. The van der Waals surface area contributed by atoms with Crippen LogP contribution in [-0.2, 0) is 20.0 Å². The molecule has 0 saturated heterocycles. The maximum Gasteiger partial charge on any atom is 0.166 e. The van der Waals surface area contributed by atoms with E-state index in [-0.39, 0.29) is 0 Å². The summed E-state index contributed by atoms with van der Waals surface area (Å²) in [5.41, 5.74) is 2.33. The number of nitrogens with one attached hydrogen (secondary N) is 2. The smallest absolute Gasteiger partial charge is 0.166 e. The summed E-state index contributed by atoms with van der Waals surface area (Å²) < 4.78 is 1.83.